The van der Waals surface area contributed by atoms with Gasteiger partial charge in [-0.15, -0.1) is 0 Å². The molecule has 0 fully saturated rings. The molecule has 0 aliphatic heterocycles. The van der Waals surface area contributed by atoms with Crippen LogP contribution >= 0.6 is 11.6 Å². The monoisotopic (exact) mass is 438 g/mol. The summed E-state index contributed by atoms with van der Waals surface area (Å²) in [5.74, 6) is -1.22. The minimum absolute atomic E-state index is 0.00309. The third-order valence-corrected chi connectivity index (χ3v) is 6.12. The second kappa shape index (κ2) is 9.87. The standard InChI is InChI=1S/C20H23ClN2O5S/c1-15(2)23(17-7-5-4-6-8-17)19(24)14-28-20(25)13-22(3)29(26,27)18-11-9-16(21)10-12-18/h4-12,15H,13-14H2,1-3H3. The van der Waals surface area contributed by atoms with Gasteiger partial charge in [-0.25, -0.2) is 8.42 Å². The van der Waals surface area contributed by atoms with Crippen molar-refractivity contribution in [3.8, 4) is 0 Å². The summed E-state index contributed by atoms with van der Waals surface area (Å²) in [6.07, 6.45) is 0. The molecule has 7 nitrogen and oxygen atoms in total. The molecule has 29 heavy (non-hydrogen) atoms. The molecule has 0 aromatic heterocycles. The van der Waals surface area contributed by atoms with Crippen LogP contribution < -0.4 is 4.90 Å². The summed E-state index contributed by atoms with van der Waals surface area (Å²) in [5.41, 5.74) is 0.686. The number of para-hydroxylation sites is 1. The first-order valence-electron chi connectivity index (χ1n) is 8.87. The fourth-order valence-corrected chi connectivity index (χ4v) is 3.87. The molecule has 9 heteroatoms. The highest BCUT2D eigenvalue weighted by atomic mass is 35.5. The molecule has 0 unspecified atom stereocenters. The molecule has 2 rings (SSSR count). The van der Waals surface area contributed by atoms with Crippen LogP contribution in [0.25, 0.3) is 0 Å². The van der Waals surface area contributed by atoms with E-state index in [1.165, 1.54) is 36.2 Å². The summed E-state index contributed by atoms with van der Waals surface area (Å²) in [7, 11) is -2.62. The zero-order valence-corrected chi connectivity index (χ0v) is 18.0. The van der Waals surface area contributed by atoms with E-state index in [1.807, 2.05) is 19.9 Å². The molecule has 156 valence electrons. The lowest BCUT2D eigenvalue weighted by Crippen LogP contribution is -2.41. The molecule has 0 bridgehead atoms. The van der Waals surface area contributed by atoms with Crippen LogP contribution in [0.2, 0.25) is 5.02 Å². The van der Waals surface area contributed by atoms with Crippen molar-refractivity contribution in [2.24, 2.45) is 0 Å². The average Bonchev–Trinajstić information content (AvgIpc) is 2.67. The molecule has 0 saturated heterocycles. The first-order valence-corrected chi connectivity index (χ1v) is 10.7. The Morgan fingerprint density at radius 1 is 1.03 bits per heavy atom. The molecule has 1 amide bonds. The van der Waals surface area contributed by atoms with E-state index in [-0.39, 0.29) is 10.9 Å². The largest absolute Gasteiger partial charge is 0.455 e. The summed E-state index contributed by atoms with van der Waals surface area (Å²) < 4.78 is 30.9. The first-order chi connectivity index (χ1) is 13.6. The van der Waals surface area contributed by atoms with Gasteiger partial charge in [0.2, 0.25) is 10.0 Å². The van der Waals surface area contributed by atoms with Gasteiger partial charge in [0.05, 0.1) is 4.90 Å². The number of halogens is 1. The fraction of sp³-hybridized carbons (Fsp3) is 0.300. The van der Waals surface area contributed by atoms with Crippen molar-refractivity contribution in [3.05, 3.63) is 59.6 Å². The van der Waals surface area contributed by atoms with Crippen molar-refractivity contribution in [3.63, 3.8) is 0 Å². The minimum atomic E-state index is -3.88. The Morgan fingerprint density at radius 3 is 2.17 bits per heavy atom. The molecular formula is C20H23ClN2O5S. The third-order valence-electron chi connectivity index (χ3n) is 4.05. The predicted molar refractivity (Wildman–Crippen MR) is 111 cm³/mol. The normalized spacial score (nSPS) is 11.5. The summed E-state index contributed by atoms with van der Waals surface area (Å²) >= 11 is 5.77. The van der Waals surface area contributed by atoms with Gasteiger partial charge in [0.25, 0.3) is 5.91 Å². The zero-order chi connectivity index (χ0) is 21.6. The average molecular weight is 439 g/mol. The number of amides is 1. The smallest absolute Gasteiger partial charge is 0.321 e. The highest BCUT2D eigenvalue weighted by molar-refractivity contribution is 7.89. The maximum absolute atomic E-state index is 12.5. The Kier molecular flexibility index (Phi) is 7.78. The van der Waals surface area contributed by atoms with E-state index in [1.54, 1.807) is 24.3 Å². The number of carbonyl (C=O) groups is 2. The van der Waals surface area contributed by atoms with Crippen LogP contribution in [0.3, 0.4) is 0 Å². The van der Waals surface area contributed by atoms with Crippen molar-refractivity contribution in [1.82, 2.24) is 4.31 Å². The molecule has 0 aliphatic carbocycles. The Bertz CT molecular complexity index is 947. The number of carbonyl (C=O) groups excluding carboxylic acids is 2. The first kappa shape index (κ1) is 22.9. The van der Waals surface area contributed by atoms with Gasteiger partial charge in [-0.1, -0.05) is 29.8 Å². The van der Waals surface area contributed by atoms with Crippen LogP contribution in [0, 0.1) is 0 Å². The lowest BCUT2D eigenvalue weighted by atomic mass is 10.2. The maximum Gasteiger partial charge on any atom is 0.321 e. The SMILES string of the molecule is CC(C)N(C(=O)COC(=O)CN(C)S(=O)(=O)c1ccc(Cl)cc1)c1ccccc1. The molecule has 2 aromatic rings. The van der Waals surface area contributed by atoms with E-state index in [0.29, 0.717) is 10.7 Å². The number of benzene rings is 2. The molecule has 0 N–H and O–H groups in total. The van der Waals surface area contributed by atoms with Gasteiger partial charge in [0.1, 0.15) is 6.54 Å². The van der Waals surface area contributed by atoms with Crippen LogP contribution in [0.15, 0.2) is 59.5 Å². The van der Waals surface area contributed by atoms with Crippen LogP contribution in [0.5, 0.6) is 0 Å². The van der Waals surface area contributed by atoms with Gasteiger partial charge in [0.15, 0.2) is 6.61 Å². The summed E-state index contributed by atoms with van der Waals surface area (Å²) in [6.45, 7) is 2.68. The lowest BCUT2D eigenvalue weighted by Gasteiger charge is -2.26. The van der Waals surface area contributed by atoms with Crippen LogP contribution in [-0.4, -0.2) is 50.8 Å². The topological polar surface area (TPSA) is 84.0 Å². The van der Waals surface area contributed by atoms with Crippen molar-refractivity contribution in [2.75, 3.05) is 25.1 Å². The van der Waals surface area contributed by atoms with E-state index in [9.17, 15) is 18.0 Å². The van der Waals surface area contributed by atoms with E-state index in [2.05, 4.69) is 0 Å². The minimum Gasteiger partial charge on any atom is -0.455 e. The third kappa shape index (κ3) is 6.03. The van der Waals surface area contributed by atoms with Crippen molar-refractivity contribution in [2.45, 2.75) is 24.8 Å². The highest BCUT2D eigenvalue weighted by Crippen LogP contribution is 2.18. The highest BCUT2D eigenvalue weighted by Gasteiger charge is 2.25. The van der Waals surface area contributed by atoms with E-state index in [0.717, 1.165) is 4.31 Å². The number of likely N-dealkylation sites (N-methyl/N-ethyl adjacent to an activating group) is 1. The fourth-order valence-electron chi connectivity index (χ4n) is 2.63. The summed E-state index contributed by atoms with van der Waals surface area (Å²) in [5, 5.41) is 0.401. The molecule has 0 spiro atoms. The van der Waals surface area contributed by atoms with Gasteiger partial charge < -0.3 is 9.64 Å². The van der Waals surface area contributed by atoms with Gasteiger partial charge in [-0.2, -0.15) is 4.31 Å². The zero-order valence-electron chi connectivity index (χ0n) is 16.4. The predicted octanol–water partition coefficient (Wildman–Crippen LogP) is 2.95. The molecule has 0 saturated carbocycles. The van der Waals surface area contributed by atoms with E-state index < -0.39 is 35.1 Å². The molecule has 2 aromatic carbocycles. The molecule has 0 atom stereocenters. The number of anilines is 1. The number of ether oxygens (including phenoxy) is 1. The van der Waals surface area contributed by atoms with Crippen molar-refractivity contribution in [1.29, 1.82) is 0 Å². The molecule has 0 aliphatic rings. The van der Waals surface area contributed by atoms with Crippen molar-refractivity contribution >= 4 is 39.2 Å². The van der Waals surface area contributed by atoms with Crippen LogP contribution in [0.1, 0.15) is 13.8 Å². The van der Waals surface area contributed by atoms with Gasteiger partial charge in [0, 0.05) is 23.8 Å². The van der Waals surface area contributed by atoms with E-state index >= 15 is 0 Å². The second-order valence-corrected chi connectivity index (χ2v) is 9.05. The van der Waals surface area contributed by atoms with Gasteiger partial charge >= 0.3 is 5.97 Å². The number of hydrogen-bond acceptors (Lipinski definition) is 5. The van der Waals surface area contributed by atoms with Crippen LogP contribution in [0.4, 0.5) is 5.69 Å². The number of rotatable bonds is 8. The summed E-state index contributed by atoms with van der Waals surface area (Å²) in [6, 6.07) is 14.5. The number of esters is 1. The molecular weight excluding hydrogens is 416 g/mol. The number of hydrogen-bond donors (Lipinski definition) is 0. The molecule has 0 radical (unpaired) electrons. The summed E-state index contributed by atoms with van der Waals surface area (Å²) in [4.78, 5) is 26.1. The Balaban J connectivity index is 1.97. The Morgan fingerprint density at radius 2 is 1.62 bits per heavy atom. The van der Waals surface area contributed by atoms with Gasteiger partial charge in [-0.3, -0.25) is 9.59 Å². The molecule has 0 heterocycles. The van der Waals surface area contributed by atoms with Gasteiger partial charge in [-0.05, 0) is 50.2 Å². The Labute approximate surface area is 175 Å². The maximum atomic E-state index is 12.5. The lowest BCUT2D eigenvalue weighted by molar-refractivity contribution is -0.147. The number of sulfonamides is 1. The van der Waals surface area contributed by atoms with Crippen molar-refractivity contribution < 1.29 is 22.7 Å². The number of nitrogens with zero attached hydrogens (tertiary/aromatic N) is 2. The quantitative estimate of drug-likeness (QED) is 0.591. The second-order valence-electron chi connectivity index (χ2n) is 6.57. The van der Waals surface area contributed by atoms with E-state index in [4.69, 9.17) is 16.3 Å². The van der Waals surface area contributed by atoms with Crippen LogP contribution in [-0.2, 0) is 24.3 Å². The Hall–Kier alpha value is -2.42.